The van der Waals surface area contributed by atoms with Crippen molar-refractivity contribution in [2.75, 3.05) is 36.5 Å². The van der Waals surface area contributed by atoms with Crippen molar-refractivity contribution in [3.05, 3.63) is 63.6 Å². The van der Waals surface area contributed by atoms with Gasteiger partial charge in [0.1, 0.15) is 17.5 Å². The minimum atomic E-state index is -2.90. The maximum atomic E-state index is 14.7. The van der Waals surface area contributed by atoms with Crippen LogP contribution in [0.3, 0.4) is 0 Å². The fourth-order valence-electron chi connectivity index (χ4n) is 4.34. The van der Waals surface area contributed by atoms with Gasteiger partial charge in [-0.05, 0) is 27.7 Å². The highest BCUT2D eigenvalue weighted by molar-refractivity contribution is 5.88. The van der Waals surface area contributed by atoms with Gasteiger partial charge in [-0.25, -0.2) is 27.8 Å². The van der Waals surface area contributed by atoms with Gasteiger partial charge in [0.2, 0.25) is 0 Å². The molecule has 0 aliphatic carbocycles. The Morgan fingerprint density at radius 3 is 2.35 bits per heavy atom. The third kappa shape index (κ3) is 4.72. The monoisotopic (exact) mass is 474 g/mol. The maximum absolute atomic E-state index is 14.7. The van der Waals surface area contributed by atoms with Gasteiger partial charge in [0, 0.05) is 50.0 Å². The standard InChI is InChI=1S/C24H29F3N6O/c1-14(2)31-8-10-32(11-9-31)33-13-19-20(12-21(33)34)29-16(4)30-24(19)28-15(3)17-6-5-7-18(22(17)25)23(26)27/h5-7,12-15,23H,8-11H2,1-4H3,(H,28,29,30)/t15-/m1/s1. The average Bonchev–Trinajstić information content (AvgIpc) is 2.78. The van der Waals surface area contributed by atoms with Gasteiger partial charge in [-0.3, -0.25) is 9.69 Å². The molecule has 1 atom stereocenters. The number of anilines is 1. The van der Waals surface area contributed by atoms with Crippen LogP contribution in [0.1, 0.15) is 50.2 Å². The number of rotatable bonds is 6. The Morgan fingerprint density at radius 2 is 1.71 bits per heavy atom. The van der Waals surface area contributed by atoms with E-state index in [2.05, 4.69) is 34.0 Å². The Balaban J connectivity index is 1.69. The zero-order valence-corrected chi connectivity index (χ0v) is 19.7. The number of hydrogen-bond donors (Lipinski definition) is 1. The summed E-state index contributed by atoms with van der Waals surface area (Å²) in [6.07, 6.45) is -1.21. The van der Waals surface area contributed by atoms with Gasteiger partial charge >= 0.3 is 0 Å². The van der Waals surface area contributed by atoms with E-state index in [1.54, 1.807) is 24.7 Å². The second-order valence-corrected chi connectivity index (χ2v) is 8.88. The SMILES string of the molecule is Cc1nc(N[C@H](C)c2cccc(C(F)F)c2F)c2cn(N3CCN(C(C)C)CC3)c(=O)cc2n1. The molecule has 34 heavy (non-hydrogen) atoms. The van der Waals surface area contributed by atoms with Crippen LogP contribution in [0.2, 0.25) is 0 Å². The molecule has 0 radical (unpaired) electrons. The molecule has 0 amide bonds. The lowest BCUT2D eigenvalue weighted by molar-refractivity contribution is 0.146. The molecule has 1 fully saturated rings. The van der Waals surface area contributed by atoms with E-state index in [1.165, 1.54) is 18.2 Å². The molecule has 1 aromatic carbocycles. The van der Waals surface area contributed by atoms with Crippen LogP contribution in [0.25, 0.3) is 10.9 Å². The number of nitrogens with zero attached hydrogens (tertiary/aromatic N) is 5. The third-order valence-electron chi connectivity index (χ3n) is 6.26. The number of alkyl halides is 2. The molecule has 182 valence electrons. The number of piperazine rings is 1. The fraction of sp³-hybridized carbons (Fsp3) is 0.458. The van der Waals surface area contributed by atoms with Crippen molar-refractivity contribution in [2.24, 2.45) is 0 Å². The number of halogens is 3. The van der Waals surface area contributed by atoms with Gasteiger partial charge in [-0.2, -0.15) is 0 Å². The molecule has 3 heterocycles. The highest BCUT2D eigenvalue weighted by atomic mass is 19.3. The van der Waals surface area contributed by atoms with Crippen molar-refractivity contribution >= 4 is 16.7 Å². The number of fused-ring (bicyclic) bond motifs is 1. The number of aryl methyl sites for hydroxylation is 1. The summed E-state index contributed by atoms with van der Waals surface area (Å²) in [4.78, 5) is 24.1. The molecule has 0 bridgehead atoms. The predicted molar refractivity (Wildman–Crippen MR) is 127 cm³/mol. The summed E-state index contributed by atoms with van der Waals surface area (Å²) >= 11 is 0. The molecule has 1 saturated heterocycles. The summed E-state index contributed by atoms with van der Waals surface area (Å²) in [7, 11) is 0. The van der Waals surface area contributed by atoms with Crippen molar-refractivity contribution in [2.45, 2.75) is 46.2 Å². The summed E-state index contributed by atoms with van der Waals surface area (Å²) in [6, 6.07) is 5.22. The molecule has 10 heteroatoms. The molecule has 0 spiro atoms. The first-order valence-electron chi connectivity index (χ1n) is 11.4. The third-order valence-corrected chi connectivity index (χ3v) is 6.26. The molecule has 4 rings (SSSR count). The minimum absolute atomic E-state index is 0.111. The summed E-state index contributed by atoms with van der Waals surface area (Å²) in [5, 5.41) is 5.72. The Kier molecular flexibility index (Phi) is 6.79. The van der Waals surface area contributed by atoms with Crippen molar-refractivity contribution in [3.63, 3.8) is 0 Å². The first-order chi connectivity index (χ1) is 16.2. The van der Waals surface area contributed by atoms with E-state index in [9.17, 15) is 18.0 Å². The lowest BCUT2D eigenvalue weighted by Crippen LogP contribution is -2.55. The van der Waals surface area contributed by atoms with E-state index in [0.29, 0.717) is 41.7 Å². The topological polar surface area (TPSA) is 66.3 Å². The number of hydrogen-bond acceptors (Lipinski definition) is 6. The quantitative estimate of drug-likeness (QED) is 0.582. The van der Waals surface area contributed by atoms with Crippen LogP contribution in [-0.2, 0) is 0 Å². The van der Waals surface area contributed by atoms with Crippen LogP contribution in [-0.4, -0.2) is 51.8 Å². The summed E-state index contributed by atoms with van der Waals surface area (Å²) < 4.78 is 42.6. The Hall–Kier alpha value is -3.14. The largest absolute Gasteiger partial charge is 0.363 e. The lowest BCUT2D eigenvalue weighted by Gasteiger charge is -2.38. The highest BCUT2D eigenvalue weighted by Gasteiger charge is 2.22. The van der Waals surface area contributed by atoms with E-state index < -0.39 is 23.8 Å². The zero-order chi connectivity index (χ0) is 24.6. The highest BCUT2D eigenvalue weighted by Crippen LogP contribution is 2.30. The Bertz CT molecular complexity index is 1240. The molecule has 1 aliphatic rings. The Morgan fingerprint density at radius 1 is 1.03 bits per heavy atom. The minimum Gasteiger partial charge on any atom is -0.363 e. The average molecular weight is 475 g/mol. The van der Waals surface area contributed by atoms with Crippen LogP contribution in [0.4, 0.5) is 19.0 Å². The molecule has 0 saturated carbocycles. The molecule has 2 aromatic heterocycles. The smallest absolute Gasteiger partial charge is 0.271 e. The van der Waals surface area contributed by atoms with E-state index in [-0.39, 0.29) is 11.1 Å². The van der Waals surface area contributed by atoms with Crippen molar-refractivity contribution in [1.82, 2.24) is 19.5 Å². The molecule has 7 nitrogen and oxygen atoms in total. The van der Waals surface area contributed by atoms with Gasteiger partial charge in [-0.1, -0.05) is 18.2 Å². The van der Waals surface area contributed by atoms with Crippen molar-refractivity contribution in [3.8, 4) is 0 Å². The van der Waals surface area contributed by atoms with Crippen LogP contribution in [0, 0.1) is 12.7 Å². The zero-order valence-electron chi connectivity index (χ0n) is 19.7. The molecule has 0 unspecified atom stereocenters. The molecule has 1 aliphatic heterocycles. The van der Waals surface area contributed by atoms with Gasteiger partial charge in [-0.15, -0.1) is 0 Å². The lowest BCUT2D eigenvalue weighted by atomic mass is 10.0. The van der Waals surface area contributed by atoms with Crippen LogP contribution >= 0.6 is 0 Å². The maximum Gasteiger partial charge on any atom is 0.271 e. The summed E-state index contributed by atoms with van der Waals surface area (Å²) in [5.41, 5.74) is -0.256. The number of benzene rings is 1. The van der Waals surface area contributed by atoms with E-state index in [1.807, 2.05) is 5.01 Å². The second-order valence-electron chi connectivity index (χ2n) is 8.88. The van der Waals surface area contributed by atoms with Gasteiger partial charge in [0.15, 0.2) is 0 Å². The number of pyridine rings is 1. The van der Waals surface area contributed by atoms with E-state index >= 15 is 0 Å². The van der Waals surface area contributed by atoms with Gasteiger partial charge in [0.05, 0.1) is 22.5 Å². The van der Waals surface area contributed by atoms with Crippen molar-refractivity contribution < 1.29 is 13.2 Å². The Labute approximate surface area is 196 Å². The van der Waals surface area contributed by atoms with Gasteiger partial charge in [0.25, 0.3) is 12.0 Å². The molecular formula is C24H29F3N6O. The van der Waals surface area contributed by atoms with E-state index in [4.69, 9.17) is 0 Å². The molecular weight excluding hydrogens is 445 g/mol. The van der Waals surface area contributed by atoms with Crippen molar-refractivity contribution in [1.29, 1.82) is 0 Å². The summed E-state index contributed by atoms with van der Waals surface area (Å²) in [6.45, 7) is 10.8. The fourth-order valence-corrected chi connectivity index (χ4v) is 4.34. The number of nitrogens with one attached hydrogen (secondary N) is 1. The van der Waals surface area contributed by atoms with E-state index in [0.717, 1.165) is 19.2 Å². The van der Waals surface area contributed by atoms with Crippen LogP contribution in [0.5, 0.6) is 0 Å². The number of aromatic nitrogens is 3. The summed E-state index contributed by atoms with van der Waals surface area (Å²) in [5.74, 6) is -0.0920. The first kappa shape index (κ1) is 24.0. The van der Waals surface area contributed by atoms with Crippen LogP contribution < -0.4 is 15.9 Å². The predicted octanol–water partition coefficient (Wildman–Crippen LogP) is 4.01. The molecule has 1 N–H and O–H groups in total. The second kappa shape index (κ2) is 9.61. The molecule has 3 aromatic rings. The van der Waals surface area contributed by atoms with Crippen LogP contribution in [0.15, 0.2) is 35.3 Å². The van der Waals surface area contributed by atoms with Gasteiger partial charge < -0.3 is 10.3 Å². The first-order valence-corrected chi connectivity index (χ1v) is 11.4. The normalized spacial score (nSPS) is 16.0.